The molecular formula is C44H55N3O11. The van der Waals surface area contributed by atoms with Gasteiger partial charge in [-0.3, -0.25) is 19.2 Å². The van der Waals surface area contributed by atoms with E-state index in [1.54, 1.807) is 4.90 Å². The number of benzene rings is 2. The van der Waals surface area contributed by atoms with E-state index < -0.39 is 60.6 Å². The fraction of sp³-hybridized carbons (Fsp3) is 0.523. The Hall–Kier alpha value is -5.21. The molecule has 58 heavy (non-hydrogen) atoms. The van der Waals surface area contributed by atoms with E-state index in [4.69, 9.17) is 23.7 Å². The highest BCUT2D eigenvalue weighted by molar-refractivity contribution is 5.87. The normalized spacial score (nSPS) is 23.5. The first-order valence-electron chi connectivity index (χ1n) is 20.1. The number of esters is 4. The second kappa shape index (κ2) is 18.6. The van der Waals surface area contributed by atoms with Gasteiger partial charge in [-0.25, -0.2) is 4.79 Å². The van der Waals surface area contributed by atoms with Crippen LogP contribution in [-0.4, -0.2) is 113 Å². The van der Waals surface area contributed by atoms with Crippen LogP contribution >= 0.6 is 0 Å². The molecule has 3 aromatic rings. The van der Waals surface area contributed by atoms with Gasteiger partial charge in [0.2, 0.25) is 0 Å². The number of carbonyl (C=O) groups excluding carboxylic acids is 4. The Morgan fingerprint density at radius 3 is 2.17 bits per heavy atom. The third-order valence-electron chi connectivity index (χ3n) is 11.5. The number of carboxylic acid groups (broad SMARTS) is 1. The zero-order chi connectivity index (χ0) is 41.6. The first-order valence-corrected chi connectivity index (χ1v) is 20.1. The molecule has 0 radical (unpaired) electrons. The lowest BCUT2D eigenvalue weighted by Gasteiger charge is -2.47. The van der Waals surface area contributed by atoms with Gasteiger partial charge < -0.3 is 43.2 Å². The van der Waals surface area contributed by atoms with E-state index in [0.717, 1.165) is 78.5 Å². The van der Waals surface area contributed by atoms with E-state index >= 15 is 0 Å². The molecule has 3 aliphatic rings. The number of amides is 1. The first-order chi connectivity index (χ1) is 27.7. The lowest BCUT2D eigenvalue weighted by molar-refractivity contribution is -0.267. The summed E-state index contributed by atoms with van der Waals surface area (Å²) in [6.07, 6.45) is 5.30. The number of hydrogen-bond donors (Lipinski definition) is 1. The van der Waals surface area contributed by atoms with Crippen molar-refractivity contribution in [1.29, 1.82) is 0 Å². The molecule has 2 aromatic carbocycles. The zero-order valence-electron chi connectivity index (χ0n) is 34.0. The van der Waals surface area contributed by atoms with Crippen LogP contribution in [0.5, 0.6) is 0 Å². The van der Waals surface area contributed by atoms with Crippen LogP contribution in [0.2, 0.25) is 0 Å². The maximum absolute atomic E-state index is 12.5. The predicted octanol–water partition coefficient (Wildman–Crippen LogP) is 6.06. The van der Waals surface area contributed by atoms with Crippen molar-refractivity contribution >= 4 is 46.9 Å². The van der Waals surface area contributed by atoms with Crippen molar-refractivity contribution in [2.45, 2.75) is 104 Å². The molecule has 1 amide bonds. The Labute approximate surface area is 339 Å². The minimum absolute atomic E-state index is 0.232. The highest BCUT2D eigenvalue weighted by Crippen LogP contribution is 2.41. The summed E-state index contributed by atoms with van der Waals surface area (Å²) in [6, 6.07) is 14.3. The minimum Gasteiger partial charge on any atom is -0.465 e. The summed E-state index contributed by atoms with van der Waals surface area (Å²) in [5, 5.41) is 10.3. The van der Waals surface area contributed by atoms with E-state index in [9.17, 15) is 29.1 Å². The molecule has 3 aliphatic heterocycles. The molecule has 6 rings (SSSR count). The van der Waals surface area contributed by atoms with Crippen molar-refractivity contribution in [3.05, 3.63) is 77.0 Å². The average molecular weight is 802 g/mol. The second-order valence-corrected chi connectivity index (χ2v) is 15.9. The summed E-state index contributed by atoms with van der Waals surface area (Å²) in [4.78, 5) is 64.6. The molecule has 1 aromatic heterocycles. The summed E-state index contributed by atoms with van der Waals surface area (Å²) >= 11 is 0. The number of rotatable bonds is 12. The highest BCUT2D eigenvalue weighted by atomic mass is 16.7. The first kappa shape index (κ1) is 42.4. The van der Waals surface area contributed by atoms with Gasteiger partial charge in [0, 0.05) is 65.5 Å². The molecule has 1 spiro atoms. The maximum Gasteiger partial charge on any atom is 0.407 e. The quantitative estimate of drug-likeness (QED) is 0.167. The van der Waals surface area contributed by atoms with E-state index in [1.807, 2.05) is 35.9 Å². The standard InChI is InChI=1S/C44H55N3O11/c1-28-10-8-12-36-38(28)35(25-47(36)42-41(57-32(5)51)40(56-31(4)50)39(55-30(3)49)37(58-42)26-54-29(2)48)24-34-15-13-33(14-16-34)11-6-7-20-45-21-9-17-44(27-45)18-22-46(23-19-44)43(52)53/h6,8,10-16,25,37,39-42H,7,9,17-24,26-27H2,1-5H3,(H,52,53)/t37-,39-,40+,41-,42-/m1/s1. The Balaban J connectivity index is 1.19. The van der Waals surface area contributed by atoms with E-state index in [1.165, 1.54) is 34.1 Å². The van der Waals surface area contributed by atoms with Crippen LogP contribution in [0.3, 0.4) is 0 Å². The Bertz CT molecular complexity index is 2000. The van der Waals surface area contributed by atoms with Gasteiger partial charge in [0.1, 0.15) is 12.7 Å². The fourth-order valence-corrected chi connectivity index (χ4v) is 8.89. The Morgan fingerprint density at radius 2 is 1.52 bits per heavy atom. The SMILES string of the molecule is CC(=O)OC[C@H]1O[C@@H](n2cc(Cc3ccc(C=CCCN4CCCC5(CCN(C(=O)O)CC5)C4)cc3)c3c(C)cccc32)[C@H](OC(C)=O)[C@@H](OC(C)=O)[C@@H]1OC(C)=O. The van der Waals surface area contributed by atoms with Gasteiger partial charge in [-0.05, 0) is 85.7 Å². The summed E-state index contributed by atoms with van der Waals surface area (Å²) in [7, 11) is 0. The number of fused-ring (bicyclic) bond motifs is 1. The van der Waals surface area contributed by atoms with Crippen molar-refractivity contribution in [2.75, 3.05) is 39.3 Å². The van der Waals surface area contributed by atoms with Crippen LogP contribution in [0, 0.1) is 12.3 Å². The predicted molar refractivity (Wildman–Crippen MR) is 214 cm³/mol. The lowest BCUT2D eigenvalue weighted by atomic mass is 9.72. The summed E-state index contributed by atoms with van der Waals surface area (Å²) in [5.74, 6) is -2.62. The van der Waals surface area contributed by atoms with E-state index in [-0.39, 0.29) is 12.0 Å². The number of hydrogen-bond acceptors (Lipinski definition) is 11. The van der Waals surface area contributed by atoms with Gasteiger partial charge in [-0.1, -0.05) is 48.6 Å². The molecule has 14 heteroatoms. The van der Waals surface area contributed by atoms with Crippen molar-refractivity contribution < 1.29 is 52.8 Å². The second-order valence-electron chi connectivity index (χ2n) is 15.9. The van der Waals surface area contributed by atoms with Gasteiger partial charge in [0.15, 0.2) is 24.5 Å². The summed E-state index contributed by atoms with van der Waals surface area (Å²) in [6.45, 7) is 10.9. The van der Waals surface area contributed by atoms with Gasteiger partial charge in [-0.15, -0.1) is 0 Å². The van der Waals surface area contributed by atoms with Crippen molar-refractivity contribution in [3.63, 3.8) is 0 Å². The monoisotopic (exact) mass is 801 g/mol. The van der Waals surface area contributed by atoms with Crippen LogP contribution in [0.15, 0.2) is 54.7 Å². The number of carbonyl (C=O) groups is 5. The number of aromatic nitrogens is 1. The van der Waals surface area contributed by atoms with Crippen LogP contribution < -0.4 is 0 Å². The third kappa shape index (κ3) is 10.3. The van der Waals surface area contributed by atoms with Crippen LogP contribution in [-0.2, 0) is 49.3 Å². The summed E-state index contributed by atoms with van der Waals surface area (Å²) in [5.41, 5.74) is 5.18. The number of likely N-dealkylation sites (tertiary alicyclic amines) is 2. The molecule has 3 saturated heterocycles. The van der Waals surface area contributed by atoms with Crippen molar-refractivity contribution in [1.82, 2.24) is 14.4 Å². The number of aryl methyl sites for hydroxylation is 1. The molecule has 0 saturated carbocycles. The van der Waals surface area contributed by atoms with Crippen molar-refractivity contribution in [2.24, 2.45) is 5.41 Å². The van der Waals surface area contributed by atoms with Crippen LogP contribution in [0.4, 0.5) is 4.79 Å². The highest BCUT2D eigenvalue weighted by Gasteiger charge is 2.53. The van der Waals surface area contributed by atoms with Crippen LogP contribution in [0.25, 0.3) is 17.0 Å². The third-order valence-corrected chi connectivity index (χ3v) is 11.5. The van der Waals surface area contributed by atoms with Gasteiger partial charge in [0.25, 0.3) is 0 Å². The zero-order valence-corrected chi connectivity index (χ0v) is 34.0. The molecule has 312 valence electrons. The largest absolute Gasteiger partial charge is 0.465 e. The Morgan fingerprint density at radius 1 is 0.845 bits per heavy atom. The molecule has 14 nitrogen and oxygen atoms in total. The lowest BCUT2D eigenvalue weighted by Crippen LogP contribution is -2.60. The van der Waals surface area contributed by atoms with Gasteiger partial charge in [-0.2, -0.15) is 0 Å². The van der Waals surface area contributed by atoms with E-state index in [0.29, 0.717) is 19.5 Å². The Kier molecular flexibility index (Phi) is 13.6. The van der Waals surface area contributed by atoms with Gasteiger partial charge >= 0.3 is 30.0 Å². The molecule has 5 atom stereocenters. The molecule has 0 aliphatic carbocycles. The molecule has 4 heterocycles. The number of nitrogens with zero attached hydrogens (tertiary/aromatic N) is 3. The van der Waals surface area contributed by atoms with Crippen molar-refractivity contribution in [3.8, 4) is 0 Å². The number of ether oxygens (including phenoxy) is 5. The molecule has 1 N–H and O–H groups in total. The maximum atomic E-state index is 12.5. The topological polar surface area (TPSA) is 163 Å². The smallest absolute Gasteiger partial charge is 0.407 e. The summed E-state index contributed by atoms with van der Waals surface area (Å²) < 4.78 is 30.7. The average Bonchev–Trinajstić information content (AvgIpc) is 3.53. The molecule has 0 unspecified atom stereocenters. The van der Waals surface area contributed by atoms with Crippen LogP contribution in [0.1, 0.15) is 88.3 Å². The molecule has 0 bridgehead atoms. The molecular weight excluding hydrogens is 746 g/mol. The minimum atomic E-state index is -1.28. The number of piperidine rings is 2. The van der Waals surface area contributed by atoms with E-state index in [2.05, 4.69) is 41.3 Å². The molecule has 3 fully saturated rings. The van der Waals surface area contributed by atoms with Gasteiger partial charge in [0.05, 0.1) is 5.52 Å². The fourth-order valence-electron chi connectivity index (χ4n) is 8.89.